The van der Waals surface area contributed by atoms with Crippen LogP contribution in [0.2, 0.25) is 0 Å². The van der Waals surface area contributed by atoms with E-state index in [9.17, 15) is 20.1 Å². The van der Waals surface area contributed by atoms with Crippen LogP contribution in [0.1, 0.15) is 56.3 Å². The van der Waals surface area contributed by atoms with Gasteiger partial charge in [0.25, 0.3) is 0 Å². The molecule has 0 aromatic heterocycles. The van der Waals surface area contributed by atoms with E-state index in [0.717, 1.165) is 37.8 Å². The van der Waals surface area contributed by atoms with Gasteiger partial charge in [0.05, 0.1) is 11.7 Å². The molecule has 20 heavy (non-hydrogen) atoms. The molecule has 1 unspecified atom stereocenters. The third-order valence-corrected chi connectivity index (χ3v) is 3.08. The first-order valence-electron chi connectivity index (χ1n) is 6.91. The summed E-state index contributed by atoms with van der Waals surface area (Å²) in [5.41, 5.74) is 0.0122. The number of hydrogen-bond acceptors (Lipinski definition) is 5. The Morgan fingerprint density at radius 3 is 2.30 bits per heavy atom. The molecule has 0 heterocycles. The third-order valence-electron chi connectivity index (χ3n) is 3.08. The molecule has 5 heteroatoms. The molecular weight excluding hydrogens is 260 g/mol. The molecule has 0 radical (unpaired) electrons. The van der Waals surface area contributed by atoms with E-state index in [-0.39, 0.29) is 11.7 Å². The molecule has 0 amide bonds. The lowest BCUT2D eigenvalue weighted by atomic mass is 10.1. The molecular formula is C15H22O5. The summed E-state index contributed by atoms with van der Waals surface area (Å²) >= 11 is 0. The van der Waals surface area contributed by atoms with Crippen LogP contribution in [0.15, 0.2) is 12.1 Å². The van der Waals surface area contributed by atoms with E-state index in [1.54, 1.807) is 0 Å². The lowest BCUT2D eigenvalue weighted by Gasteiger charge is -2.13. The third kappa shape index (κ3) is 4.64. The maximum Gasteiger partial charge on any atom is 0.338 e. The zero-order chi connectivity index (χ0) is 15.1. The monoisotopic (exact) mass is 282 g/mol. The first-order chi connectivity index (χ1) is 9.45. The van der Waals surface area contributed by atoms with E-state index in [1.807, 2.05) is 6.92 Å². The Bertz CT molecular complexity index is 433. The Morgan fingerprint density at radius 1 is 1.15 bits per heavy atom. The van der Waals surface area contributed by atoms with Crippen molar-refractivity contribution >= 4 is 5.97 Å². The van der Waals surface area contributed by atoms with E-state index < -0.39 is 23.2 Å². The molecule has 1 rings (SSSR count). The number of benzene rings is 1. The van der Waals surface area contributed by atoms with Gasteiger partial charge in [-0.3, -0.25) is 0 Å². The Hall–Kier alpha value is -1.91. The smallest absolute Gasteiger partial charge is 0.338 e. The van der Waals surface area contributed by atoms with E-state index in [1.165, 1.54) is 6.42 Å². The molecule has 0 saturated heterocycles. The maximum atomic E-state index is 11.8. The molecule has 1 aromatic carbocycles. The molecule has 3 N–H and O–H groups in total. The number of phenolic OH excluding ortho intramolecular Hbond substituents is 3. The van der Waals surface area contributed by atoms with Gasteiger partial charge in [0.1, 0.15) is 0 Å². The van der Waals surface area contributed by atoms with Crippen molar-refractivity contribution in [3.05, 3.63) is 17.7 Å². The molecule has 0 aliphatic rings. The topological polar surface area (TPSA) is 87.0 Å². The van der Waals surface area contributed by atoms with Crippen molar-refractivity contribution < 1.29 is 24.9 Å². The average Bonchev–Trinajstić information content (AvgIpc) is 2.40. The Morgan fingerprint density at radius 2 is 1.75 bits per heavy atom. The number of ether oxygens (including phenoxy) is 1. The molecule has 112 valence electrons. The Kier molecular flexibility index (Phi) is 6.15. The predicted octanol–water partition coefficient (Wildman–Crippen LogP) is 3.32. The molecule has 0 fully saturated rings. The molecule has 5 nitrogen and oxygen atoms in total. The fraction of sp³-hybridized carbons (Fsp3) is 0.533. The summed E-state index contributed by atoms with van der Waals surface area (Å²) in [4.78, 5) is 11.8. The first-order valence-corrected chi connectivity index (χ1v) is 6.91. The second-order valence-electron chi connectivity index (χ2n) is 4.93. The maximum absolute atomic E-state index is 11.8. The highest BCUT2D eigenvalue weighted by Crippen LogP contribution is 2.35. The normalized spacial score (nSPS) is 12.1. The molecule has 1 atom stereocenters. The van der Waals surface area contributed by atoms with E-state index >= 15 is 0 Å². The number of carbonyl (C=O) groups excluding carboxylic acids is 1. The van der Waals surface area contributed by atoms with Crippen molar-refractivity contribution in [2.45, 2.75) is 52.1 Å². The van der Waals surface area contributed by atoms with Crippen molar-refractivity contribution in [1.82, 2.24) is 0 Å². The van der Waals surface area contributed by atoms with Crippen LogP contribution in [-0.4, -0.2) is 27.4 Å². The highest BCUT2D eigenvalue weighted by atomic mass is 16.5. The number of esters is 1. The van der Waals surface area contributed by atoms with Gasteiger partial charge in [-0.2, -0.15) is 0 Å². The van der Waals surface area contributed by atoms with Crippen molar-refractivity contribution in [3.63, 3.8) is 0 Å². The summed E-state index contributed by atoms with van der Waals surface area (Å²) in [6, 6.07) is 2.14. The standard InChI is InChI=1S/C15H22O5/c1-3-4-5-6-7-10(2)20-15(19)11-8-12(16)14(18)13(17)9-11/h8-10,16-18H,3-7H2,1-2H3. The fourth-order valence-electron chi connectivity index (χ4n) is 1.89. The molecule has 0 saturated carbocycles. The van der Waals surface area contributed by atoms with E-state index in [0.29, 0.717) is 0 Å². The van der Waals surface area contributed by atoms with Crippen LogP contribution in [0.3, 0.4) is 0 Å². The largest absolute Gasteiger partial charge is 0.504 e. The summed E-state index contributed by atoms with van der Waals surface area (Å²) in [6.45, 7) is 3.94. The number of unbranched alkanes of at least 4 members (excludes halogenated alkanes) is 3. The van der Waals surface area contributed by atoms with Crippen LogP contribution < -0.4 is 0 Å². The van der Waals surface area contributed by atoms with Crippen molar-refractivity contribution in [1.29, 1.82) is 0 Å². The molecule has 1 aromatic rings. The summed E-state index contributed by atoms with van der Waals surface area (Å²) in [5, 5.41) is 27.9. The van der Waals surface area contributed by atoms with Crippen LogP contribution >= 0.6 is 0 Å². The first kappa shape index (κ1) is 16.1. The van der Waals surface area contributed by atoms with Gasteiger partial charge >= 0.3 is 5.97 Å². The number of rotatable bonds is 7. The number of aromatic hydroxyl groups is 3. The van der Waals surface area contributed by atoms with Gasteiger partial charge in [0, 0.05) is 0 Å². The van der Waals surface area contributed by atoms with Gasteiger partial charge in [0.2, 0.25) is 0 Å². The van der Waals surface area contributed by atoms with Gasteiger partial charge in [-0.15, -0.1) is 0 Å². The number of phenols is 3. The zero-order valence-corrected chi connectivity index (χ0v) is 11.9. The predicted molar refractivity (Wildman–Crippen MR) is 75.1 cm³/mol. The average molecular weight is 282 g/mol. The summed E-state index contributed by atoms with van der Waals surface area (Å²) in [5.74, 6) is -2.37. The molecule has 0 aliphatic carbocycles. The minimum absolute atomic E-state index is 0.0122. The van der Waals surface area contributed by atoms with Crippen molar-refractivity contribution in [2.24, 2.45) is 0 Å². The quantitative estimate of drug-likeness (QED) is 0.405. The highest BCUT2D eigenvalue weighted by Gasteiger charge is 2.16. The summed E-state index contributed by atoms with van der Waals surface area (Å²) < 4.78 is 5.22. The second kappa shape index (κ2) is 7.62. The minimum atomic E-state index is -0.644. The van der Waals surface area contributed by atoms with Crippen LogP contribution in [0.5, 0.6) is 17.2 Å². The van der Waals surface area contributed by atoms with Gasteiger partial charge < -0.3 is 20.1 Å². The number of carbonyl (C=O) groups is 1. The SMILES string of the molecule is CCCCCCC(C)OC(=O)c1cc(O)c(O)c(O)c1. The van der Waals surface area contributed by atoms with E-state index in [2.05, 4.69) is 6.92 Å². The molecule has 0 aliphatic heterocycles. The van der Waals surface area contributed by atoms with Crippen LogP contribution in [0, 0.1) is 0 Å². The van der Waals surface area contributed by atoms with Gasteiger partial charge in [-0.25, -0.2) is 4.79 Å². The molecule has 0 spiro atoms. The zero-order valence-electron chi connectivity index (χ0n) is 11.9. The van der Waals surface area contributed by atoms with Crippen molar-refractivity contribution in [3.8, 4) is 17.2 Å². The van der Waals surface area contributed by atoms with Crippen LogP contribution in [0.4, 0.5) is 0 Å². The summed E-state index contributed by atoms with van der Waals surface area (Å²) in [6.07, 6.45) is 4.98. The highest BCUT2D eigenvalue weighted by molar-refractivity contribution is 5.91. The Labute approximate surface area is 118 Å². The van der Waals surface area contributed by atoms with Crippen LogP contribution in [-0.2, 0) is 4.74 Å². The minimum Gasteiger partial charge on any atom is -0.504 e. The van der Waals surface area contributed by atoms with Gasteiger partial charge in [0.15, 0.2) is 17.2 Å². The number of hydrogen-bond donors (Lipinski definition) is 3. The summed E-state index contributed by atoms with van der Waals surface area (Å²) in [7, 11) is 0. The van der Waals surface area contributed by atoms with Crippen LogP contribution in [0.25, 0.3) is 0 Å². The van der Waals surface area contributed by atoms with Gasteiger partial charge in [-0.05, 0) is 31.9 Å². The second-order valence-corrected chi connectivity index (χ2v) is 4.93. The fourth-order valence-corrected chi connectivity index (χ4v) is 1.89. The van der Waals surface area contributed by atoms with Gasteiger partial charge in [-0.1, -0.05) is 26.2 Å². The molecule has 0 bridgehead atoms. The van der Waals surface area contributed by atoms with E-state index in [4.69, 9.17) is 4.74 Å². The lowest BCUT2D eigenvalue weighted by Crippen LogP contribution is -2.15. The lowest BCUT2D eigenvalue weighted by molar-refractivity contribution is 0.0318. The Balaban J connectivity index is 2.54. The van der Waals surface area contributed by atoms with Crippen molar-refractivity contribution in [2.75, 3.05) is 0 Å².